The lowest BCUT2D eigenvalue weighted by atomic mass is 10.00. The highest BCUT2D eigenvalue weighted by Crippen LogP contribution is 2.34. The molecule has 0 fully saturated rings. The normalized spacial score (nSPS) is 17.6. The van der Waals surface area contributed by atoms with Crippen LogP contribution in [0.1, 0.15) is 20.3 Å². The molecular weight excluding hydrogens is 219 g/mol. The Morgan fingerprint density at radius 2 is 2.06 bits per heavy atom. The van der Waals surface area contributed by atoms with Gasteiger partial charge in [-0.3, -0.25) is 0 Å². The Kier molecular flexibility index (Phi) is 4.02. The van der Waals surface area contributed by atoms with Gasteiger partial charge in [0.15, 0.2) is 0 Å². The first-order valence-electron chi connectivity index (χ1n) is 5.21. The van der Waals surface area contributed by atoms with Gasteiger partial charge >= 0.3 is 6.18 Å². The van der Waals surface area contributed by atoms with Crippen molar-refractivity contribution in [3.8, 4) is 0 Å². The van der Waals surface area contributed by atoms with Crippen LogP contribution >= 0.6 is 0 Å². The molecule has 0 amide bonds. The predicted octanol–water partition coefficient (Wildman–Crippen LogP) is 2.47. The van der Waals surface area contributed by atoms with E-state index in [0.29, 0.717) is 0 Å². The molecule has 5 heteroatoms. The van der Waals surface area contributed by atoms with Crippen LogP contribution in [-0.4, -0.2) is 35.4 Å². The average molecular weight is 235 g/mol. The van der Waals surface area contributed by atoms with Gasteiger partial charge in [-0.2, -0.15) is 13.2 Å². The Morgan fingerprint density at radius 1 is 1.44 bits per heavy atom. The highest BCUT2D eigenvalue weighted by Gasteiger charge is 2.37. The predicted molar refractivity (Wildman–Crippen MR) is 55.8 cm³/mol. The van der Waals surface area contributed by atoms with Crippen molar-refractivity contribution < 1.29 is 18.3 Å². The van der Waals surface area contributed by atoms with E-state index in [9.17, 15) is 13.2 Å². The lowest BCUT2D eigenvalue weighted by molar-refractivity contribution is -0.0905. The van der Waals surface area contributed by atoms with Gasteiger partial charge in [-0.25, -0.2) is 0 Å². The summed E-state index contributed by atoms with van der Waals surface area (Å²) in [6.45, 7) is 3.83. The fourth-order valence-corrected chi connectivity index (χ4v) is 1.63. The molecule has 0 spiro atoms. The van der Waals surface area contributed by atoms with Crippen molar-refractivity contribution >= 4 is 0 Å². The van der Waals surface area contributed by atoms with E-state index in [1.807, 2.05) is 18.7 Å². The number of alkyl halides is 3. The lowest BCUT2D eigenvalue weighted by Gasteiger charge is -2.30. The third-order valence-electron chi connectivity index (χ3n) is 2.52. The van der Waals surface area contributed by atoms with Crippen LogP contribution in [0.15, 0.2) is 23.4 Å². The number of nitrogens with zero attached hydrogens (tertiary/aromatic N) is 1. The maximum atomic E-state index is 12.6. The van der Waals surface area contributed by atoms with Crippen molar-refractivity contribution in [3.05, 3.63) is 23.4 Å². The Labute approximate surface area is 93.1 Å². The summed E-state index contributed by atoms with van der Waals surface area (Å²) in [5.74, 6) is 0. The van der Waals surface area contributed by atoms with Crippen LogP contribution in [-0.2, 0) is 0 Å². The van der Waals surface area contributed by atoms with Gasteiger partial charge in [0, 0.05) is 25.4 Å². The minimum Gasteiger partial charge on any atom is -0.396 e. The van der Waals surface area contributed by atoms with E-state index < -0.39 is 11.7 Å². The van der Waals surface area contributed by atoms with Crippen LogP contribution in [0, 0.1) is 0 Å². The van der Waals surface area contributed by atoms with E-state index in [0.717, 1.165) is 0 Å². The molecule has 1 aliphatic rings. The minimum absolute atomic E-state index is 0.0363. The molecule has 2 nitrogen and oxygen atoms in total. The van der Waals surface area contributed by atoms with E-state index in [2.05, 4.69) is 0 Å². The number of aliphatic hydroxyl groups is 1. The minimum atomic E-state index is -4.33. The topological polar surface area (TPSA) is 23.5 Å². The van der Waals surface area contributed by atoms with E-state index >= 15 is 0 Å². The molecule has 0 saturated carbocycles. The average Bonchev–Trinajstić information content (AvgIpc) is 2.16. The summed E-state index contributed by atoms with van der Waals surface area (Å²) in [6.07, 6.45) is -1.60. The lowest BCUT2D eigenvalue weighted by Crippen LogP contribution is -2.31. The largest absolute Gasteiger partial charge is 0.416 e. The monoisotopic (exact) mass is 235 g/mol. The maximum Gasteiger partial charge on any atom is 0.416 e. The van der Waals surface area contributed by atoms with Crippen molar-refractivity contribution in [1.29, 1.82) is 0 Å². The fourth-order valence-electron chi connectivity index (χ4n) is 1.63. The Morgan fingerprint density at radius 3 is 2.50 bits per heavy atom. The molecule has 1 N–H and O–H groups in total. The maximum absolute atomic E-state index is 12.6. The van der Waals surface area contributed by atoms with Crippen LogP contribution < -0.4 is 0 Å². The second-order valence-electron chi connectivity index (χ2n) is 4.03. The molecule has 0 bridgehead atoms. The summed E-state index contributed by atoms with van der Waals surface area (Å²) in [7, 11) is 0. The van der Waals surface area contributed by atoms with E-state index in [4.69, 9.17) is 5.11 Å². The number of hydrogen-bond donors (Lipinski definition) is 1. The summed E-state index contributed by atoms with van der Waals surface area (Å²) in [4.78, 5) is 1.82. The third kappa shape index (κ3) is 3.01. The summed E-state index contributed by atoms with van der Waals surface area (Å²) < 4.78 is 37.9. The summed E-state index contributed by atoms with van der Waals surface area (Å²) >= 11 is 0. The number of allylic oxidation sites excluding steroid dienone is 1. The second-order valence-corrected chi connectivity index (χ2v) is 4.03. The number of hydrogen-bond acceptors (Lipinski definition) is 2. The van der Waals surface area contributed by atoms with E-state index in [1.54, 1.807) is 0 Å². The number of rotatable bonds is 3. The van der Waals surface area contributed by atoms with Crippen LogP contribution in [0.25, 0.3) is 0 Å². The molecule has 0 aromatic rings. The van der Waals surface area contributed by atoms with Crippen LogP contribution in [0.3, 0.4) is 0 Å². The highest BCUT2D eigenvalue weighted by atomic mass is 19.4. The first-order chi connectivity index (χ1) is 7.36. The molecule has 0 aromatic heterocycles. The van der Waals surface area contributed by atoms with Gasteiger partial charge < -0.3 is 10.0 Å². The van der Waals surface area contributed by atoms with Gasteiger partial charge in [0.1, 0.15) is 0 Å². The standard InChI is InChI=1S/C11H16F3NO/c1-8(2)15-5-3-10(11(12,13)14)9(7-15)4-6-16/h3,7-8,16H,4-6H2,1-2H3. The molecule has 1 heterocycles. The van der Waals surface area contributed by atoms with Crippen molar-refractivity contribution in [2.45, 2.75) is 32.5 Å². The van der Waals surface area contributed by atoms with Gasteiger partial charge in [-0.1, -0.05) is 6.08 Å². The molecule has 16 heavy (non-hydrogen) atoms. The molecule has 0 atom stereocenters. The van der Waals surface area contributed by atoms with Gasteiger partial charge in [-0.15, -0.1) is 0 Å². The number of halogens is 3. The molecule has 1 rings (SSSR count). The van der Waals surface area contributed by atoms with Crippen molar-refractivity contribution in [3.63, 3.8) is 0 Å². The fraction of sp³-hybridized carbons (Fsp3) is 0.636. The van der Waals surface area contributed by atoms with Crippen LogP contribution in [0.5, 0.6) is 0 Å². The third-order valence-corrected chi connectivity index (χ3v) is 2.52. The first-order valence-corrected chi connectivity index (χ1v) is 5.21. The Hall–Kier alpha value is -0.970. The van der Waals surface area contributed by atoms with Gasteiger partial charge in [0.2, 0.25) is 0 Å². The van der Waals surface area contributed by atoms with E-state index in [1.165, 1.54) is 12.3 Å². The molecule has 1 aliphatic heterocycles. The zero-order valence-corrected chi connectivity index (χ0v) is 9.38. The summed E-state index contributed by atoms with van der Waals surface area (Å²) in [6, 6.07) is 0.153. The highest BCUT2D eigenvalue weighted by molar-refractivity contribution is 5.37. The molecular formula is C11H16F3NO. The number of aliphatic hydroxyl groups excluding tert-OH is 1. The van der Waals surface area contributed by atoms with Crippen molar-refractivity contribution in [2.75, 3.05) is 13.2 Å². The zero-order valence-electron chi connectivity index (χ0n) is 9.38. The quantitative estimate of drug-likeness (QED) is 0.812. The summed E-state index contributed by atoms with van der Waals surface area (Å²) in [5, 5.41) is 8.77. The van der Waals surface area contributed by atoms with Crippen molar-refractivity contribution in [2.24, 2.45) is 0 Å². The second kappa shape index (κ2) is 4.91. The van der Waals surface area contributed by atoms with Gasteiger partial charge in [0.25, 0.3) is 0 Å². The molecule has 0 aliphatic carbocycles. The van der Waals surface area contributed by atoms with Crippen LogP contribution in [0.2, 0.25) is 0 Å². The molecule has 0 unspecified atom stereocenters. The zero-order chi connectivity index (χ0) is 12.3. The van der Waals surface area contributed by atoms with Gasteiger partial charge in [-0.05, 0) is 25.8 Å². The molecule has 0 saturated heterocycles. The molecule has 92 valence electrons. The molecule has 0 aromatic carbocycles. The Balaban J connectivity index is 2.93. The SMILES string of the molecule is CC(C)N1C=C(CCO)C(C(F)(F)F)=CC1. The van der Waals surface area contributed by atoms with Gasteiger partial charge in [0.05, 0.1) is 5.57 Å². The van der Waals surface area contributed by atoms with Crippen LogP contribution in [0.4, 0.5) is 13.2 Å². The molecule has 0 radical (unpaired) electrons. The summed E-state index contributed by atoms with van der Waals surface area (Å²) in [5.41, 5.74) is -0.451. The van der Waals surface area contributed by atoms with E-state index in [-0.39, 0.29) is 31.2 Å². The first kappa shape index (κ1) is 13.1. The smallest absolute Gasteiger partial charge is 0.396 e. The Bertz CT molecular complexity index is 305. The van der Waals surface area contributed by atoms with Crippen molar-refractivity contribution in [1.82, 2.24) is 4.90 Å².